The highest BCUT2D eigenvalue weighted by molar-refractivity contribution is 7.30. The summed E-state index contributed by atoms with van der Waals surface area (Å²) < 4.78 is 17.2. The number of aromatic nitrogens is 1. The second kappa shape index (κ2) is 21.1. The number of thiophene rings is 1. The lowest BCUT2D eigenvalue weighted by Gasteiger charge is -2.23. The van der Waals surface area contributed by atoms with Crippen LogP contribution in [0, 0.1) is 6.92 Å². The number of thiazole rings is 1. The van der Waals surface area contributed by atoms with Crippen molar-refractivity contribution in [2.45, 2.75) is 85.5 Å². The third-order valence-corrected chi connectivity index (χ3v) is 9.79. The molecule has 268 valence electrons. The number of ether oxygens (including phenoxy) is 3. The number of fused-ring (bicyclic) bond motifs is 1. The van der Waals surface area contributed by atoms with Crippen molar-refractivity contribution in [3.63, 3.8) is 0 Å². The largest absolute Gasteiger partial charge is 0.494 e. The number of benzene rings is 2. The lowest BCUT2D eigenvalue weighted by molar-refractivity contribution is -0.144. The van der Waals surface area contributed by atoms with Crippen LogP contribution in [0.3, 0.4) is 0 Å². The maximum Gasteiger partial charge on any atom is 0.305 e. The fourth-order valence-electron chi connectivity index (χ4n) is 4.97. The van der Waals surface area contributed by atoms with Gasteiger partial charge in [0.2, 0.25) is 5.13 Å². The van der Waals surface area contributed by atoms with Gasteiger partial charge in [-0.25, -0.2) is 4.98 Å². The van der Waals surface area contributed by atoms with E-state index in [-0.39, 0.29) is 11.9 Å². The van der Waals surface area contributed by atoms with Crippen molar-refractivity contribution in [3.05, 3.63) is 54.1 Å². The van der Waals surface area contributed by atoms with Crippen LogP contribution < -0.4 is 9.64 Å². The average Bonchev–Trinajstić information content (AvgIpc) is 3.70. The SMILES string of the molecule is CCC(=O)OCCCCCCCCCOc1ccc(/N=N/c2cc3sc(/N=N/c4ccc(N(CC)CCOC(=O)CC)cc4C)nc3s2)cc1. The number of azo groups is 2. The molecule has 0 atom stereocenters. The van der Waals surface area contributed by atoms with Crippen molar-refractivity contribution in [2.75, 3.05) is 37.8 Å². The van der Waals surface area contributed by atoms with E-state index in [2.05, 4.69) is 43.3 Å². The molecule has 13 heteroatoms. The third kappa shape index (κ3) is 12.9. The summed E-state index contributed by atoms with van der Waals surface area (Å²) in [5.74, 6) is 0.529. The molecule has 0 aliphatic carbocycles. The highest BCUT2D eigenvalue weighted by Gasteiger charge is 2.11. The fraction of sp³-hybridized carbons (Fsp3) is 0.486. The number of aryl methyl sites for hydroxylation is 1. The van der Waals surface area contributed by atoms with Crippen LogP contribution in [0.15, 0.2) is 69.0 Å². The van der Waals surface area contributed by atoms with Crippen LogP contribution in [0.2, 0.25) is 0 Å². The Kier molecular flexibility index (Phi) is 16.3. The molecule has 0 aliphatic rings. The smallest absolute Gasteiger partial charge is 0.305 e. The normalized spacial score (nSPS) is 11.5. The van der Waals surface area contributed by atoms with Gasteiger partial charge in [-0.05, 0) is 80.8 Å². The number of rotatable bonds is 22. The minimum Gasteiger partial charge on any atom is -0.494 e. The molecule has 2 aromatic heterocycles. The first-order valence-electron chi connectivity index (χ1n) is 17.5. The second-order valence-corrected chi connectivity index (χ2v) is 13.7. The van der Waals surface area contributed by atoms with Crippen LogP contribution in [0.25, 0.3) is 9.53 Å². The molecule has 0 saturated heterocycles. The number of hydrogen-bond acceptors (Lipinski definition) is 13. The number of likely N-dealkylation sites (N-methyl/N-ethyl adjacent to an activating group) is 1. The Morgan fingerprint density at radius 2 is 1.42 bits per heavy atom. The van der Waals surface area contributed by atoms with Gasteiger partial charge < -0.3 is 19.1 Å². The lowest BCUT2D eigenvalue weighted by Crippen LogP contribution is -2.27. The van der Waals surface area contributed by atoms with Gasteiger partial charge in [0.05, 0.1) is 35.8 Å². The monoisotopic (exact) mass is 720 g/mol. The van der Waals surface area contributed by atoms with Crippen LogP contribution >= 0.6 is 22.7 Å². The lowest BCUT2D eigenvalue weighted by atomic mass is 10.1. The molecule has 0 N–H and O–H groups in total. The average molecular weight is 721 g/mol. The first-order valence-corrected chi connectivity index (χ1v) is 19.1. The van der Waals surface area contributed by atoms with Crippen LogP contribution in [-0.2, 0) is 19.1 Å². The van der Waals surface area contributed by atoms with E-state index in [4.69, 9.17) is 14.2 Å². The van der Waals surface area contributed by atoms with Gasteiger partial charge in [0.1, 0.15) is 22.2 Å². The highest BCUT2D eigenvalue weighted by atomic mass is 32.1. The zero-order chi connectivity index (χ0) is 35.6. The molecule has 2 aromatic carbocycles. The van der Waals surface area contributed by atoms with Gasteiger partial charge in [0, 0.05) is 25.1 Å². The molecule has 11 nitrogen and oxygen atoms in total. The van der Waals surface area contributed by atoms with Crippen LogP contribution in [0.5, 0.6) is 5.75 Å². The first kappa shape index (κ1) is 38.6. The van der Waals surface area contributed by atoms with E-state index in [9.17, 15) is 9.59 Å². The molecule has 0 amide bonds. The molecule has 4 rings (SSSR count). The number of unbranched alkanes of at least 4 members (excludes halogenated alkanes) is 6. The molecule has 0 unspecified atom stereocenters. The number of hydrogen-bond donors (Lipinski definition) is 0. The number of carbonyl (C=O) groups is 2. The van der Waals surface area contributed by atoms with Gasteiger partial charge in [-0.15, -0.1) is 20.5 Å². The predicted molar refractivity (Wildman–Crippen MR) is 202 cm³/mol. The molecule has 4 aromatic rings. The zero-order valence-corrected chi connectivity index (χ0v) is 31.2. The summed E-state index contributed by atoms with van der Waals surface area (Å²) in [6.45, 7) is 10.7. The molecule has 0 aliphatic heterocycles. The van der Waals surface area contributed by atoms with E-state index in [0.717, 1.165) is 75.1 Å². The molecular formula is C37H48N6O5S2. The van der Waals surface area contributed by atoms with Crippen molar-refractivity contribution in [1.29, 1.82) is 0 Å². The topological polar surface area (TPSA) is 127 Å². The zero-order valence-electron chi connectivity index (χ0n) is 29.6. The standard InChI is InChI=1S/C37H48N6O5S2/c1-5-34(44)47-23-14-12-10-8-9-11-13-22-46-30-18-15-28(16-19-30)39-41-33-26-32-36(50-33)38-37(49-32)42-40-31-20-17-29(25-27(31)4)43(7-3)21-24-48-35(45)6-2/h15-20,25-26H,5-14,21-24H2,1-4H3/b41-39+,42-40+. The molecule has 0 fully saturated rings. The number of anilines is 1. The van der Waals surface area contributed by atoms with Gasteiger partial charge in [-0.2, -0.15) is 0 Å². The van der Waals surface area contributed by atoms with E-state index < -0.39 is 0 Å². The highest BCUT2D eigenvalue weighted by Crippen LogP contribution is 2.39. The Morgan fingerprint density at radius 3 is 2.08 bits per heavy atom. The Hall–Kier alpha value is -4.23. The summed E-state index contributed by atoms with van der Waals surface area (Å²) in [7, 11) is 0. The molecule has 2 heterocycles. The Balaban J connectivity index is 1.17. The van der Waals surface area contributed by atoms with Crippen molar-refractivity contribution >= 4 is 71.3 Å². The molecule has 0 spiro atoms. The van der Waals surface area contributed by atoms with E-state index in [1.807, 2.05) is 56.3 Å². The first-order chi connectivity index (χ1) is 24.4. The Morgan fingerprint density at radius 1 is 0.740 bits per heavy atom. The summed E-state index contributed by atoms with van der Waals surface area (Å²) in [5, 5.41) is 19.0. The van der Waals surface area contributed by atoms with Gasteiger partial charge in [0.15, 0.2) is 0 Å². The number of nitrogens with zero attached hydrogens (tertiary/aromatic N) is 6. The second-order valence-electron chi connectivity index (χ2n) is 11.7. The van der Waals surface area contributed by atoms with Crippen LogP contribution in [-0.4, -0.2) is 49.8 Å². The number of esters is 2. The maximum atomic E-state index is 11.5. The minimum absolute atomic E-state index is 0.114. The van der Waals surface area contributed by atoms with Crippen molar-refractivity contribution in [2.24, 2.45) is 20.5 Å². The third-order valence-electron chi connectivity index (χ3n) is 7.86. The summed E-state index contributed by atoms with van der Waals surface area (Å²) in [4.78, 5) is 30.2. The predicted octanol–water partition coefficient (Wildman–Crippen LogP) is 11.3. The summed E-state index contributed by atoms with van der Waals surface area (Å²) >= 11 is 2.93. The van der Waals surface area contributed by atoms with Gasteiger partial charge in [-0.1, -0.05) is 68.6 Å². The summed E-state index contributed by atoms with van der Waals surface area (Å²) in [6, 6.07) is 15.7. The van der Waals surface area contributed by atoms with E-state index in [0.29, 0.717) is 44.3 Å². The van der Waals surface area contributed by atoms with Gasteiger partial charge in [-0.3, -0.25) is 9.59 Å². The molecule has 0 radical (unpaired) electrons. The van der Waals surface area contributed by atoms with E-state index >= 15 is 0 Å². The molecule has 0 bridgehead atoms. The Bertz CT molecular complexity index is 1670. The Labute approximate surface area is 302 Å². The minimum atomic E-state index is -0.185. The van der Waals surface area contributed by atoms with Crippen LogP contribution in [0.4, 0.5) is 27.2 Å². The van der Waals surface area contributed by atoms with Crippen molar-refractivity contribution in [1.82, 2.24) is 4.98 Å². The fourth-order valence-corrected chi connectivity index (χ4v) is 6.82. The van der Waals surface area contributed by atoms with E-state index in [1.165, 1.54) is 41.9 Å². The van der Waals surface area contributed by atoms with Gasteiger partial charge >= 0.3 is 11.9 Å². The van der Waals surface area contributed by atoms with Crippen molar-refractivity contribution in [3.8, 4) is 5.75 Å². The van der Waals surface area contributed by atoms with Crippen LogP contribution in [0.1, 0.15) is 84.1 Å². The molecule has 50 heavy (non-hydrogen) atoms. The molecular weight excluding hydrogens is 673 g/mol. The molecule has 0 saturated carbocycles. The summed E-state index contributed by atoms with van der Waals surface area (Å²) in [5.41, 5.74) is 3.58. The van der Waals surface area contributed by atoms with E-state index in [1.54, 1.807) is 6.92 Å². The quantitative estimate of drug-likeness (QED) is 0.0449. The number of carbonyl (C=O) groups excluding carboxylic acids is 2. The van der Waals surface area contributed by atoms with Gasteiger partial charge in [0.25, 0.3) is 0 Å². The van der Waals surface area contributed by atoms with Crippen molar-refractivity contribution < 1.29 is 23.8 Å². The maximum absolute atomic E-state index is 11.5. The summed E-state index contributed by atoms with van der Waals surface area (Å²) in [6.07, 6.45) is 8.60.